The van der Waals surface area contributed by atoms with Gasteiger partial charge in [0, 0.05) is 19.0 Å². The fourth-order valence-corrected chi connectivity index (χ4v) is 4.94. The molecule has 0 aliphatic heterocycles. The van der Waals surface area contributed by atoms with E-state index in [0.717, 1.165) is 30.0 Å². The zero-order valence-electron chi connectivity index (χ0n) is 15.6. The highest BCUT2D eigenvalue weighted by Gasteiger charge is 2.36. The summed E-state index contributed by atoms with van der Waals surface area (Å²) in [4.78, 5) is 12.6. The Morgan fingerprint density at radius 3 is 2.15 bits per heavy atom. The second-order valence-electron chi connectivity index (χ2n) is 7.20. The van der Waals surface area contributed by atoms with Gasteiger partial charge < -0.3 is 5.32 Å². The van der Waals surface area contributed by atoms with Gasteiger partial charge in [0.2, 0.25) is 15.9 Å². The molecular formula is C21H26N2O3S. The number of rotatable bonds is 7. The average molecular weight is 387 g/mol. The first-order chi connectivity index (χ1) is 12.9. The number of amides is 1. The van der Waals surface area contributed by atoms with Crippen molar-refractivity contribution in [2.24, 2.45) is 0 Å². The summed E-state index contributed by atoms with van der Waals surface area (Å²) in [5.41, 5.74) is 1.20. The van der Waals surface area contributed by atoms with Crippen molar-refractivity contribution in [1.29, 1.82) is 0 Å². The van der Waals surface area contributed by atoms with E-state index in [4.69, 9.17) is 0 Å². The number of nitrogens with zero attached hydrogens (tertiary/aromatic N) is 1. The van der Waals surface area contributed by atoms with Crippen LogP contribution in [0.5, 0.6) is 0 Å². The molecule has 27 heavy (non-hydrogen) atoms. The summed E-state index contributed by atoms with van der Waals surface area (Å²) in [5, 5.41) is 2.97. The number of sulfonamides is 1. The van der Waals surface area contributed by atoms with Crippen molar-refractivity contribution in [3.63, 3.8) is 0 Å². The van der Waals surface area contributed by atoms with Gasteiger partial charge in [-0.05, 0) is 30.5 Å². The first-order valence-electron chi connectivity index (χ1n) is 9.28. The lowest BCUT2D eigenvalue weighted by molar-refractivity contribution is -0.121. The van der Waals surface area contributed by atoms with Crippen molar-refractivity contribution in [1.82, 2.24) is 9.62 Å². The molecule has 1 aliphatic carbocycles. The Balaban J connectivity index is 1.64. The van der Waals surface area contributed by atoms with Crippen LogP contribution in [0.4, 0.5) is 0 Å². The van der Waals surface area contributed by atoms with Crippen LogP contribution in [0.2, 0.25) is 0 Å². The molecule has 0 saturated heterocycles. The Kier molecular flexibility index (Phi) is 5.97. The number of likely N-dealkylation sites (N-methyl/N-ethyl adjacent to an activating group) is 1. The van der Waals surface area contributed by atoms with Gasteiger partial charge in [0.1, 0.15) is 0 Å². The Morgan fingerprint density at radius 2 is 1.56 bits per heavy atom. The summed E-state index contributed by atoms with van der Waals surface area (Å²) >= 11 is 0. The molecule has 0 bridgehead atoms. The fourth-order valence-electron chi connectivity index (χ4n) is 3.79. The minimum absolute atomic E-state index is 0.0478. The maximum atomic E-state index is 12.6. The molecule has 1 saturated carbocycles. The third kappa shape index (κ3) is 4.39. The van der Waals surface area contributed by atoms with Crippen molar-refractivity contribution >= 4 is 15.9 Å². The Morgan fingerprint density at radius 1 is 1.00 bits per heavy atom. The Bertz CT molecular complexity index is 861. The van der Waals surface area contributed by atoms with Gasteiger partial charge >= 0.3 is 0 Å². The van der Waals surface area contributed by atoms with E-state index in [2.05, 4.69) is 17.4 Å². The van der Waals surface area contributed by atoms with Gasteiger partial charge in [-0.15, -0.1) is 0 Å². The van der Waals surface area contributed by atoms with Crippen molar-refractivity contribution in [3.8, 4) is 0 Å². The average Bonchev–Trinajstić information content (AvgIpc) is 3.18. The van der Waals surface area contributed by atoms with E-state index in [1.165, 1.54) is 24.7 Å². The fraction of sp³-hybridized carbons (Fsp3) is 0.381. The number of benzene rings is 2. The number of carbonyl (C=O) groups excluding carboxylic acids is 1. The molecule has 0 spiro atoms. The summed E-state index contributed by atoms with van der Waals surface area (Å²) in [7, 11) is -2.23. The van der Waals surface area contributed by atoms with E-state index in [1.54, 1.807) is 18.2 Å². The molecule has 1 N–H and O–H groups in total. The Hall–Kier alpha value is -2.18. The minimum Gasteiger partial charge on any atom is -0.354 e. The molecule has 0 radical (unpaired) electrons. The number of hydrogen-bond acceptors (Lipinski definition) is 3. The lowest BCUT2D eigenvalue weighted by Crippen LogP contribution is -2.44. The molecule has 3 rings (SSSR count). The topological polar surface area (TPSA) is 66.5 Å². The van der Waals surface area contributed by atoms with Gasteiger partial charge in [0.15, 0.2) is 0 Å². The third-order valence-corrected chi connectivity index (χ3v) is 7.21. The van der Waals surface area contributed by atoms with E-state index in [9.17, 15) is 13.2 Å². The number of hydrogen-bond donors (Lipinski definition) is 1. The molecule has 0 heterocycles. The maximum absolute atomic E-state index is 12.6. The van der Waals surface area contributed by atoms with E-state index in [-0.39, 0.29) is 22.8 Å². The molecule has 2 aromatic rings. The summed E-state index contributed by atoms with van der Waals surface area (Å²) in [6.07, 6.45) is 4.37. The summed E-state index contributed by atoms with van der Waals surface area (Å²) < 4.78 is 26.2. The first kappa shape index (κ1) is 19.6. The van der Waals surface area contributed by atoms with Crippen LogP contribution in [-0.2, 0) is 20.2 Å². The predicted octanol–water partition coefficient (Wildman–Crippen LogP) is 2.94. The molecule has 1 amide bonds. The lowest BCUT2D eigenvalue weighted by atomic mass is 9.79. The van der Waals surface area contributed by atoms with Crippen LogP contribution in [0.3, 0.4) is 0 Å². The number of nitrogens with one attached hydrogen (secondary N) is 1. The van der Waals surface area contributed by atoms with E-state index >= 15 is 0 Å². The molecule has 0 unspecified atom stereocenters. The lowest BCUT2D eigenvalue weighted by Gasteiger charge is -2.30. The van der Waals surface area contributed by atoms with Gasteiger partial charge in [-0.25, -0.2) is 8.42 Å². The van der Waals surface area contributed by atoms with Crippen molar-refractivity contribution in [2.45, 2.75) is 36.0 Å². The van der Waals surface area contributed by atoms with Gasteiger partial charge in [-0.3, -0.25) is 4.79 Å². The van der Waals surface area contributed by atoms with Crippen molar-refractivity contribution in [2.75, 3.05) is 20.1 Å². The van der Waals surface area contributed by atoms with Crippen LogP contribution < -0.4 is 5.32 Å². The molecule has 2 aromatic carbocycles. The molecular weight excluding hydrogens is 360 g/mol. The van der Waals surface area contributed by atoms with Crippen LogP contribution in [0.25, 0.3) is 0 Å². The minimum atomic E-state index is -3.67. The second-order valence-corrected chi connectivity index (χ2v) is 9.25. The molecule has 6 heteroatoms. The number of carbonyl (C=O) groups is 1. The zero-order chi connectivity index (χ0) is 19.3. The normalized spacial score (nSPS) is 16.4. The second kappa shape index (κ2) is 8.23. The van der Waals surface area contributed by atoms with Gasteiger partial charge in [0.05, 0.1) is 11.4 Å². The van der Waals surface area contributed by atoms with Gasteiger partial charge in [-0.2, -0.15) is 4.31 Å². The largest absolute Gasteiger partial charge is 0.354 e. The molecule has 0 atom stereocenters. The van der Waals surface area contributed by atoms with E-state index in [1.807, 2.05) is 18.2 Å². The highest BCUT2D eigenvalue weighted by molar-refractivity contribution is 7.89. The summed E-state index contributed by atoms with van der Waals surface area (Å²) in [5.74, 6) is -0.279. The Labute approximate surface area is 161 Å². The summed E-state index contributed by atoms with van der Waals surface area (Å²) in [6.45, 7) is 0.344. The molecule has 144 valence electrons. The maximum Gasteiger partial charge on any atom is 0.243 e. The highest BCUT2D eigenvalue weighted by Crippen LogP contribution is 2.40. The zero-order valence-corrected chi connectivity index (χ0v) is 16.4. The van der Waals surface area contributed by atoms with Crippen LogP contribution in [-0.4, -0.2) is 38.8 Å². The smallest absolute Gasteiger partial charge is 0.243 e. The third-order valence-electron chi connectivity index (χ3n) is 5.39. The highest BCUT2D eigenvalue weighted by atomic mass is 32.2. The van der Waals surface area contributed by atoms with Gasteiger partial charge in [-0.1, -0.05) is 61.4 Å². The van der Waals surface area contributed by atoms with Crippen LogP contribution >= 0.6 is 0 Å². The summed E-state index contributed by atoms with van der Waals surface area (Å²) in [6, 6.07) is 18.4. The quantitative estimate of drug-likeness (QED) is 0.796. The molecule has 1 aliphatic rings. The van der Waals surface area contributed by atoms with E-state index < -0.39 is 10.0 Å². The van der Waals surface area contributed by atoms with Crippen molar-refractivity contribution < 1.29 is 13.2 Å². The van der Waals surface area contributed by atoms with E-state index in [0.29, 0.717) is 6.54 Å². The predicted molar refractivity (Wildman–Crippen MR) is 106 cm³/mol. The van der Waals surface area contributed by atoms with Crippen LogP contribution in [0.15, 0.2) is 65.6 Å². The standard InChI is InChI=1S/C21H26N2O3S/c1-23(27(25,26)19-12-6-3-7-13-19)16-20(24)22-17-21(14-8-9-15-21)18-10-4-2-5-11-18/h2-7,10-13H,8-9,14-17H2,1H3,(H,22,24). The monoisotopic (exact) mass is 386 g/mol. The van der Waals surface area contributed by atoms with Crippen LogP contribution in [0, 0.1) is 0 Å². The SMILES string of the molecule is CN(CC(=O)NCC1(c2ccccc2)CCCC1)S(=O)(=O)c1ccccc1. The molecule has 5 nitrogen and oxygen atoms in total. The first-order valence-corrected chi connectivity index (χ1v) is 10.7. The van der Waals surface area contributed by atoms with Gasteiger partial charge in [0.25, 0.3) is 0 Å². The van der Waals surface area contributed by atoms with Crippen molar-refractivity contribution in [3.05, 3.63) is 66.2 Å². The molecule has 1 fully saturated rings. The molecule has 0 aromatic heterocycles. The van der Waals surface area contributed by atoms with Crippen LogP contribution in [0.1, 0.15) is 31.2 Å².